The summed E-state index contributed by atoms with van der Waals surface area (Å²) in [6.07, 6.45) is 1.17. The molecule has 2 amide bonds. The normalized spacial score (nSPS) is 18.6. The third-order valence-corrected chi connectivity index (χ3v) is 4.72. The van der Waals surface area contributed by atoms with Gasteiger partial charge in [-0.05, 0) is 17.7 Å². The zero-order chi connectivity index (χ0) is 18.6. The fraction of sp³-hybridized carbons (Fsp3) is 0.556. The van der Waals surface area contributed by atoms with Crippen molar-refractivity contribution < 1.29 is 28.5 Å². The molecular weight excluding hydrogens is 340 g/mol. The van der Waals surface area contributed by atoms with E-state index in [2.05, 4.69) is 5.32 Å². The number of carbonyl (C=O) groups excluding carboxylic acids is 2. The number of amides is 2. The Morgan fingerprint density at radius 3 is 2.38 bits per heavy atom. The number of hydrogen-bond donors (Lipinski definition) is 1. The Morgan fingerprint density at radius 2 is 1.77 bits per heavy atom. The van der Waals surface area contributed by atoms with E-state index < -0.39 is 17.6 Å². The third kappa shape index (κ3) is 3.91. The summed E-state index contributed by atoms with van der Waals surface area (Å²) in [6, 6.07) is 5.34. The minimum absolute atomic E-state index is 0.231. The molecule has 2 fully saturated rings. The van der Waals surface area contributed by atoms with E-state index in [-0.39, 0.29) is 6.54 Å². The van der Waals surface area contributed by atoms with Crippen LogP contribution in [0.2, 0.25) is 0 Å². The molecule has 1 N–H and O–H groups in total. The number of ether oxygens (including phenoxy) is 4. The van der Waals surface area contributed by atoms with Gasteiger partial charge < -0.3 is 29.2 Å². The second kappa shape index (κ2) is 7.92. The molecule has 0 radical (unpaired) electrons. The van der Waals surface area contributed by atoms with Gasteiger partial charge in [0.05, 0.1) is 27.4 Å². The number of piperidine rings is 1. The van der Waals surface area contributed by atoms with E-state index in [4.69, 9.17) is 18.9 Å². The molecule has 142 valence electrons. The van der Waals surface area contributed by atoms with E-state index >= 15 is 0 Å². The molecule has 8 nitrogen and oxygen atoms in total. The first-order chi connectivity index (χ1) is 12.6. The maximum atomic E-state index is 12.3. The molecule has 1 aromatic carbocycles. The number of rotatable bonds is 4. The number of methoxy groups -OCH3 is 2. The van der Waals surface area contributed by atoms with Gasteiger partial charge >= 0.3 is 11.8 Å². The minimum Gasteiger partial charge on any atom is -0.493 e. The van der Waals surface area contributed by atoms with Crippen molar-refractivity contribution in [2.24, 2.45) is 0 Å². The second-order valence-electron chi connectivity index (χ2n) is 6.27. The molecular formula is C18H24N2O6. The summed E-state index contributed by atoms with van der Waals surface area (Å²) < 4.78 is 21.7. The number of benzene rings is 1. The van der Waals surface area contributed by atoms with Crippen molar-refractivity contribution in [3.8, 4) is 11.5 Å². The van der Waals surface area contributed by atoms with E-state index in [1.807, 2.05) is 6.07 Å². The van der Waals surface area contributed by atoms with Crippen LogP contribution in [0.4, 0.5) is 0 Å². The van der Waals surface area contributed by atoms with Crippen molar-refractivity contribution in [2.45, 2.75) is 25.2 Å². The lowest BCUT2D eigenvalue weighted by Crippen LogP contribution is -2.51. The van der Waals surface area contributed by atoms with Gasteiger partial charge in [0, 0.05) is 32.5 Å². The Bertz CT molecular complexity index is 662. The monoisotopic (exact) mass is 364 g/mol. The first kappa shape index (κ1) is 18.5. The maximum Gasteiger partial charge on any atom is 0.311 e. The highest BCUT2D eigenvalue weighted by atomic mass is 16.7. The molecule has 0 aromatic heterocycles. The summed E-state index contributed by atoms with van der Waals surface area (Å²) in [5.41, 5.74) is 0.814. The van der Waals surface area contributed by atoms with Crippen LogP contribution in [-0.4, -0.2) is 63.0 Å². The third-order valence-electron chi connectivity index (χ3n) is 4.72. The molecule has 0 aliphatic carbocycles. The predicted octanol–water partition coefficient (Wildman–Crippen LogP) is 0.685. The van der Waals surface area contributed by atoms with Gasteiger partial charge in [-0.25, -0.2) is 0 Å². The van der Waals surface area contributed by atoms with Crippen LogP contribution in [0.25, 0.3) is 0 Å². The largest absolute Gasteiger partial charge is 0.493 e. The van der Waals surface area contributed by atoms with E-state index in [1.165, 1.54) is 0 Å². The molecule has 8 heteroatoms. The molecule has 0 atom stereocenters. The van der Waals surface area contributed by atoms with Crippen molar-refractivity contribution in [3.63, 3.8) is 0 Å². The molecule has 1 aromatic rings. The number of hydrogen-bond acceptors (Lipinski definition) is 6. The van der Waals surface area contributed by atoms with Gasteiger partial charge in [-0.15, -0.1) is 0 Å². The zero-order valence-corrected chi connectivity index (χ0v) is 15.1. The van der Waals surface area contributed by atoms with E-state index in [9.17, 15) is 9.59 Å². The van der Waals surface area contributed by atoms with Crippen LogP contribution >= 0.6 is 0 Å². The zero-order valence-electron chi connectivity index (χ0n) is 15.1. The highest BCUT2D eigenvalue weighted by Gasteiger charge is 2.41. The summed E-state index contributed by atoms with van der Waals surface area (Å²) in [5.74, 6) is -0.532. The fourth-order valence-corrected chi connectivity index (χ4v) is 3.23. The van der Waals surface area contributed by atoms with E-state index in [1.54, 1.807) is 31.3 Å². The standard InChI is InChI=1S/C18H24N2O6/c1-23-14-4-3-13(11-15(14)24-2)12-19-16(21)17(22)20-7-5-18(6-8-20)25-9-10-26-18/h3-4,11H,5-10,12H2,1-2H3,(H,19,21). The van der Waals surface area contributed by atoms with Crippen LogP contribution in [0.3, 0.4) is 0 Å². The van der Waals surface area contributed by atoms with E-state index in [0.29, 0.717) is 50.6 Å². The number of nitrogens with one attached hydrogen (secondary N) is 1. The Kier molecular flexibility index (Phi) is 5.63. The Hall–Kier alpha value is -2.32. The van der Waals surface area contributed by atoms with E-state index in [0.717, 1.165) is 5.56 Å². The minimum atomic E-state index is -0.621. The van der Waals surface area contributed by atoms with Gasteiger partial charge in [0.2, 0.25) is 0 Å². The smallest absolute Gasteiger partial charge is 0.311 e. The summed E-state index contributed by atoms with van der Waals surface area (Å²) in [6.45, 7) is 2.29. The van der Waals surface area contributed by atoms with Gasteiger partial charge in [0.25, 0.3) is 0 Å². The summed E-state index contributed by atoms with van der Waals surface area (Å²) in [7, 11) is 3.10. The van der Waals surface area contributed by atoms with Gasteiger partial charge in [-0.2, -0.15) is 0 Å². The Labute approximate surface area is 152 Å². The highest BCUT2D eigenvalue weighted by molar-refractivity contribution is 6.34. The van der Waals surface area contributed by atoms with Crippen molar-refractivity contribution >= 4 is 11.8 Å². The number of nitrogens with zero attached hydrogens (tertiary/aromatic N) is 1. The molecule has 0 saturated carbocycles. The van der Waals surface area contributed by atoms with Crippen molar-refractivity contribution in [1.29, 1.82) is 0 Å². The molecule has 0 unspecified atom stereocenters. The fourth-order valence-electron chi connectivity index (χ4n) is 3.23. The quantitative estimate of drug-likeness (QED) is 0.791. The summed E-state index contributed by atoms with van der Waals surface area (Å²) in [4.78, 5) is 26.1. The summed E-state index contributed by atoms with van der Waals surface area (Å²) >= 11 is 0. The SMILES string of the molecule is COc1ccc(CNC(=O)C(=O)N2CCC3(CC2)OCCO3)cc1OC. The van der Waals surface area contributed by atoms with Gasteiger partial charge in [0.1, 0.15) is 0 Å². The van der Waals surface area contributed by atoms with Crippen LogP contribution in [-0.2, 0) is 25.6 Å². The first-order valence-corrected chi connectivity index (χ1v) is 8.63. The van der Waals surface area contributed by atoms with Crippen LogP contribution in [0, 0.1) is 0 Å². The predicted molar refractivity (Wildman–Crippen MR) is 91.8 cm³/mol. The van der Waals surface area contributed by atoms with Crippen molar-refractivity contribution in [2.75, 3.05) is 40.5 Å². The maximum absolute atomic E-state index is 12.3. The molecule has 3 rings (SSSR count). The molecule has 2 heterocycles. The lowest BCUT2D eigenvalue weighted by molar-refractivity contribution is -0.188. The van der Waals surface area contributed by atoms with Gasteiger partial charge in [-0.3, -0.25) is 9.59 Å². The Morgan fingerprint density at radius 1 is 1.12 bits per heavy atom. The van der Waals surface area contributed by atoms with Crippen LogP contribution in [0.1, 0.15) is 18.4 Å². The van der Waals surface area contributed by atoms with Crippen molar-refractivity contribution in [1.82, 2.24) is 10.2 Å². The Balaban J connectivity index is 1.51. The van der Waals surface area contributed by atoms with Gasteiger partial charge in [0.15, 0.2) is 17.3 Å². The molecule has 2 aliphatic heterocycles. The first-order valence-electron chi connectivity index (χ1n) is 8.63. The molecule has 2 saturated heterocycles. The molecule has 26 heavy (non-hydrogen) atoms. The lowest BCUT2D eigenvalue weighted by Gasteiger charge is -2.37. The summed E-state index contributed by atoms with van der Waals surface area (Å²) in [5, 5.41) is 2.66. The van der Waals surface area contributed by atoms with Crippen molar-refractivity contribution in [3.05, 3.63) is 23.8 Å². The lowest BCUT2D eigenvalue weighted by atomic mass is 10.0. The number of carbonyl (C=O) groups is 2. The number of likely N-dealkylation sites (tertiary alicyclic amines) is 1. The topological polar surface area (TPSA) is 86.3 Å². The molecule has 2 aliphatic rings. The van der Waals surface area contributed by atoms with Crippen LogP contribution in [0.15, 0.2) is 18.2 Å². The molecule has 0 bridgehead atoms. The van der Waals surface area contributed by atoms with Crippen LogP contribution < -0.4 is 14.8 Å². The molecule has 1 spiro atoms. The second-order valence-corrected chi connectivity index (χ2v) is 6.27. The van der Waals surface area contributed by atoms with Gasteiger partial charge in [-0.1, -0.05) is 6.07 Å². The average Bonchev–Trinajstić information content (AvgIpc) is 3.13. The average molecular weight is 364 g/mol. The highest BCUT2D eigenvalue weighted by Crippen LogP contribution is 2.31. The van der Waals surface area contributed by atoms with Crippen LogP contribution in [0.5, 0.6) is 11.5 Å².